The molecule has 0 aromatic heterocycles. The van der Waals surface area contributed by atoms with Gasteiger partial charge in [0, 0.05) is 0 Å². The number of unbranched alkanes of at least 4 members (excludes halogenated alkanes) is 4. The predicted octanol–water partition coefficient (Wildman–Crippen LogP) is 1.32. The van der Waals surface area contributed by atoms with E-state index in [1.807, 2.05) is 0 Å². The molecule has 0 spiro atoms. The van der Waals surface area contributed by atoms with Crippen molar-refractivity contribution in [2.45, 2.75) is 50.3 Å². The van der Waals surface area contributed by atoms with Crippen molar-refractivity contribution in [1.29, 1.82) is 0 Å². The molecule has 136 valence electrons. The molecule has 0 saturated carbocycles. The molecule has 0 radical (unpaired) electrons. The van der Waals surface area contributed by atoms with Gasteiger partial charge in [0.05, 0.1) is 0 Å². The fourth-order valence-corrected chi connectivity index (χ4v) is 3.21. The molecule has 0 amide bonds. The molecule has 0 aliphatic rings. The van der Waals surface area contributed by atoms with Crippen LogP contribution in [0, 0.1) is 0 Å². The Kier molecular flexibility index (Phi) is 10.4. The van der Waals surface area contributed by atoms with Crippen LogP contribution >= 0.6 is 0 Å². The third-order valence-corrected chi connectivity index (χ3v) is 4.84. The molecule has 0 unspecified atom stereocenters. The second kappa shape index (κ2) is 11.4. The first-order valence-corrected chi connectivity index (χ1v) is 9.90. The van der Waals surface area contributed by atoms with E-state index in [1.54, 1.807) is 18.2 Å². The Morgan fingerprint density at radius 3 is 2.38 bits per heavy atom. The molecule has 1 N–H and O–H groups in total. The monoisotopic (exact) mass is 402 g/mol. The van der Waals surface area contributed by atoms with Gasteiger partial charge in [-0.25, -0.2) is 0 Å². The number of benzene rings is 2. The van der Waals surface area contributed by atoms with Gasteiger partial charge in [0.15, 0.2) is 0 Å². The van der Waals surface area contributed by atoms with Gasteiger partial charge < -0.3 is 9.84 Å². The topological polar surface area (TPSA) is 86.7 Å². The number of hydrogen-bond acceptors (Lipinski definition) is 4. The van der Waals surface area contributed by atoms with Crippen LogP contribution in [0.4, 0.5) is 0 Å². The summed E-state index contributed by atoms with van der Waals surface area (Å²) in [5.74, 6) is 0.102. The first kappa shape index (κ1) is 23.6. The van der Waals surface area contributed by atoms with Crippen LogP contribution in [0.25, 0.3) is 0 Å². The second-order valence-electron chi connectivity index (χ2n) is 5.96. The third-order valence-electron chi connectivity index (χ3n) is 3.94. The minimum Gasteiger partial charge on any atom is -0.872 e. The number of aryl methyl sites for hydroxylation is 1. The molecule has 0 saturated heterocycles. The molecule has 0 heterocycles. The van der Waals surface area contributed by atoms with E-state index in [1.165, 1.54) is 43.5 Å². The quantitative estimate of drug-likeness (QED) is 0.388. The number of hydrogen-bond donors (Lipinski definition) is 1. The van der Waals surface area contributed by atoms with E-state index in [-0.39, 0.29) is 73.5 Å². The van der Waals surface area contributed by atoms with E-state index in [4.69, 9.17) is 4.74 Å². The standard InChI is InChI=1S/C19H24O5S.K/c1-2-3-4-5-6-9-15-12-13-16(14-17(15)20)24-18-10-7-8-11-19(18)25(21,22)23;/h7-8,10-14,20H,2-6,9H2,1H3,(H,21,22,23);/q;+1/p-1. The van der Waals surface area contributed by atoms with Gasteiger partial charge in [-0.1, -0.05) is 56.4 Å². The number of rotatable bonds is 9. The summed E-state index contributed by atoms with van der Waals surface area (Å²) in [6.45, 7) is 2.16. The molecule has 26 heavy (non-hydrogen) atoms. The fourth-order valence-electron chi connectivity index (χ4n) is 2.60. The van der Waals surface area contributed by atoms with E-state index in [2.05, 4.69) is 6.92 Å². The molecular weight excluding hydrogens is 379 g/mol. The third kappa shape index (κ3) is 7.30. The molecule has 0 fully saturated rings. The molecule has 0 atom stereocenters. The minimum absolute atomic E-state index is 0. The summed E-state index contributed by atoms with van der Waals surface area (Å²) in [5.41, 5.74) is 0.729. The second-order valence-corrected chi connectivity index (χ2v) is 7.35. The van der Waals surface area contributed by atoms with Gasteiger partial charge in [-0.05, 0) is 37.1 Å². The Hall–Kier alpha value is -0.414. The molecule has 7 heteroatoms. The Morgan fingerprint density at radius 2 is 1.73 bits per heavy atom. The van der Waals surface area contributed by atoms with Crippen LogP contribution in [-0.2, 0) is 16.5 Å². The van der Waals surface area contributed by atoms with Gasteiger partial charge in [0.1, 0.15) is 16.4 Å². The Balaban J connectivity index is 0.00000338. The molecule has 5 nitrogen and oxygen atoms in total. The fraction of sp³-hybridized carbons (Fsp3) is 0.368. The van der Waals surface area contributed by atoms with Crippen molar-refractivity contribution in [1.82, 2.24) is 0 Å². The maximum absolute atomic E-state index is 12.2. The molecular formula is C19H23KO5S. The van der Waals surface area contributed by atoms with Crippen molar-refractivity contribution in [2.75, 3.05) is 0 Å². The van der Waals surface area contributed by atoms with Crippen LogP contribution in [0.15, 0.2) is 47.4 Å². The number of para-hydroxylation sites is 1. The molecule has 2 aromatic rings. The van der Waals surface area contributed by atoms with E-state index in [0.29, 0.717) is 0 Å². The maximum atomic E-state index is 12.2. The van der Waals surface area contributed by atoms with Crippen LogP contribution in [0.1, 0.15) is 44.6 Å². The summed E-state index contributed by atoms with van der Waals surface area (Å²) in [4.78, 5) is -0.331. The molecule has 0 aliphatic carbocycles. The van der Waals surface area contributed by atoms with Crippen molar-refractivity contribution in [3.63, 3.8) is 0 Å². The van der Waals surface area contributed by atoms with Gasteiger partial charge >= 0.3 is 51.4 Å². The maximum Gasteiger partial charge on any atom is 1.00 e. The molecule has 0 aliphatic heterocycles. The first-order chi connectivity index (χ1) is 11.9. The zero-order valence-corrected chi connectivity index (χ0v) is 19.2. The van der Waals surface area contributed by atoms with Crippen molar-refractivity contribution < 1.29 is 74.2 Å². The van der Waals surface area contributed by atoms with Crippen molar-refractivity contribution >= 4 is 10.1 Å². The van der Waals surface area contributed by atoms with Gasteiger partial charge in [-0.3, -0.25) is 4.55 Å². The van der Waals surface area contributed by atoms with Gasteiger partial charge in [-0.2, -0.15) is 8.42 Å². The van der Waals surface area contributed by atoms with E-state index in [0.717, 1.165) is 24.8 Å². The van der Waals surface area contributed by atoms with Crippen LogP contribution in [0.5, 0.6) is 17.2 Å². The largest absolute Gasteiger partial charge is 1.00 e. The minimum atomic E-state index is -4.39. The van der Waals surface area contributed by atoms with E-state index >= 15 is 0 Å². The Bertz CT molecular complexity index is 805. The van der Waals surface area contributed by atoms with Gasteiger partial charge in [0.25, 0.3) is 10.1 Å². The zero-order chi connectivity index (χ0) is 18.3. The van der Waals surface area contributed by atoms with Crippen molar-refractivity contribution in [3.8, 4) is 17.2 Å². The molecule has 2 rings (SSSR count). The van der Waals surface area contributed by atoms with Crippen LogP contribution < -0.4 is 61.2 Å². The van der Waals surface area contributed by atoms with Crippen LogP contribution in [-0.4, -0.2) is 13.0 Å². The summed E-state index contributed by atoms with van der Waals surface area (Å²) < 4.78 is 37.5. The van der Waals surface area contributed by atoms with E-state index < -0.39 is 10.1 Å². The normalized spacial score (nSPS) is 11.0. The predicted molar refractivity (Wildman–Crippen MR) is 94.7 cm³/mol. The Labute approximate surface area is 198 Å². The van der Waals surface area contributed by atoms with Gasteiger partial charge in [-0.15, -0.1) is 5.75 Å². The summed E-state index contributed by atoms with van der Waals surface area (Å²) in [6.07, 6.45) is 6.38. The average Bonchev–Trinajstić information content (AvgIpc) is 2.56. The summed E-state index contributed by atoms with van der Waals surface area (Å²) >= 11 is 0. The smallest absolute Gasteiger partial charge is 0.872 e. The van der Waals surface area contributed by atoms with Crippen LogP contribution in [0.2, 0.25) is 0 Å². The number of ether oxygens (including phenoxy) is 1. The summed E-state index contributed by atoms with van der Waals surface area (Å²) in [5, 5.41) is 12.2. The molecule has 0 bridgehead atoms. The van der Waals surface area contributed by atoms with Crippen molar-refractivity contribution in [3.05, 3.63) is 48.0 Å². The zero-order valence-electron chi connectivity index (χ0n) is 15.3. The molecule has 2 aromatic carbocycles. The van der Waals surface area contributed by atoms with Crippen LogP contribution in [0.3, 0.4) is 0 Å². The average molecular weight is 403 g/mol. The first-order valence-electron chi connectivity index (χ1n) is 8.46. The Morgan fingerprint density at radius 1 is 1.04 bits per heavy atom. The van der Waals surface area contributed by atoms with Gasteiger partial charge in [0.2, 0.25) is 0 Å². The summed E-state index contributed by atoms with van der Waals surface area (Å²) in [7, 11) is -4.39. The van der Waals surface area contributed by atoms with Crippen molar-refractivity contribution in [2.24, 2.45) is 0 Å². The summed E-state index contributed by atoms with van der Waals surface area (Å²) in [6, 6.07) is 10.4. The van der Waals surface area contributed by atoms with E-state index in [9.17, 15) is 18.1 Å². The SMILES string of the molecule is CCCCCCCc1ccc(Oc2ccccc2S(=O)(=O)O)cc1[O-].[K+].